The van der Waals surface area contributed by atoms with Gasteiger partial charge in [-0.3, -0.25) is 9.59 Å². The van der Waals surface area contributed by atoms with Crippen LogP contribution in [0.15, 0.2) is 24.3 Å². The Labute approximate surface area is 135 Å². The fraction of sp³-hybridized carbons (Fsp3) is 0.438. The summed E-state index contributed by atoms with van der Waals surface area (Å²) in [5.41, 5.74) is 1.06. The van der Waals surface area contributed by atoms with Gasteiger partial charge in [0.1, 0.15) is 0 Å². The molecule has 7 heteroatoms. The van der Waals surface area contributed by atoms with Gasteiger partial charge in [-0.2, -0.15) is 0 Å². The van der Waals surface area contributed by atoms with E-state index in [2.05, 4.69) is 10.6 Å². The molecule has 3 N–H and O–H groups in total. The number of hydrogen-bond donors (Lipinski definition) is 3. The molecule has 0 aliphatic rings. The van der Waals surface area contributed by atoms with Gasteiger partial charge < -0.3 is 20.6 Å². The summed E-state index contributed by atoms with van der Waals surface area (Å²) in [5, 5.41) is 14.3. The third kappa shape index (κ3) is 5.98. The van der Waals surface area contributed by atoms with Gasteiger partial charge in [-0.25, -0.2) is 4.79 Å². The molecule has 0 radical (unpaired) electrons. The molecule has 0 spiro atoms. The Balaban J connectivity index is 2.58. The standard InChI is InChI=1S/C16H23N3O4/c1-4-9-17-14(20)12-5-7-13(8-6-12)18-16(23)19(3)10-11(2)15(21)22/h5-8,11H,4,9-10H2,1-3H3,(H,17,20)(H,18,23)(H,21,22). The number of carboxylic acid groups (broad SMARTS) is 1. The lowest BCUT2D eigenvalue weighted by molar-refractivity contribution is -0.141. The van der Waals surface area contributed by atoms with Gasteiger partial charge in [-0.15, -0.1) is 0 Å². The monoisotopic (exact) mass is 321 g/mol. The number of rotatable bonds is 7. The Morgan fingerprint density at radius 1 is 1.22 bits per heavy atom. The van der Waals surface area contributed by atoms with Gasteiger partial charge >= 0.3 is 12.0 Å². The molecule has 0 aliphatic heterocycles. The summed E-state index contributed by atoms with van der Waals surface area (Å²) in [4.78, 5) is 35.8. The number of hydrogen-bond acceptors (Lipinski definition) is 3. The van der Waals surface area contributed by atoms with E-state index in [0.29, 0.717) is 17.8 Å². The third-order valence-corrected chi connectivity index (χ3v) is 3.25. The van der Waals surface area contributed by atoms with E-state index in [1.54, 1.807) is 24.3 Å². The Morgan fingerprint density at radius 3 is 2.35 bits per heavy atom. The SMILES string of the molecule is CCCNC(=O)c1ccc(NC(=O)N(C)CC(C)C(=O)O)cc1. The normalized spacial score (nSPS) is 11.4. The van der Waals surface area contributed by atoms with E-state index in [4.69, 9.17) is 5.11 Å². The zero-order valence-electron chi connectivity index (χ0n) is 13.6. The van der Waals surface area contributed by atoms with E-state index in [1.807, 2.05) is 6.92 Å². The summed E-state index contributed by atoms with van der Waals surface area (Å²) < 4.78 is 0. The minimum atomic E-state index is -0.952. The summed E-state index contributed by atoms with van der Waals surface area (Å²) in [6.45, 7) is 4.24. The van der Waals surface area contributed by atoms with Gasteiger partial charge in [0.15, 0.2) is 0 Å². The van der Waals surface area contributed by atoms with Crippen molar-refractivity contribution in [1.82, 2.24) is 10.2 Å². The van der Waals surface area contributed by atoms with Crippen molar-refractivity contribution < 1.29 is 19.5 Å². The predicted molar refractivity (Wildman–Crippen MR) is 87.5 cm³/mol. The van der Waals surface area contributed by atoms with Crippen LogP contribution in [0.5, 0.6) is 0 Å². The van der Waals surface area contributed by atoms with Crippen LogP contribution in [0, 0.1) is 5.92 Å². The first-order valence-electron chi connectivity index (χ1n) is 7.48. The number of urea groups is 1. The molecular formula is C16H23N3O4. The molecular weight excluding hydrogens is 298 g/mol. The molecule has 1 aromatic carbocycles. The fourth-order valence-corrected chi connectivity index (χ4v) is 1.84. The first kappa shape index (κ1) is 18.5. The molecule has 0 fully saturated rings. The molecule has 1 unspecified atom stereocenters. The number of amides is 3. The molecule has 126 valence electrons. The van der Waals surface area contributed by atoms with Gasteiger partial charge in [0.05, 0.1) is 5.92 Å². The molecule has 1 aromatic rings. The molecule has 1 rings (SSSR count). The highest BCUT2D eigenvalue weighted by Crippen LogP contribution is 2.11. The van der Waals surface area contributed by atoms with Crippen molar-refractivity contribution in [2.75, 3.05) is 25.5 Å². The Kier molecular flexibility index (Phi) is 7.05. The highest BCUT2D eigenvalue weighted by molar-refractivity contribution is 5.95. The van der Waals surface area contributed by atoms with Gasteiger partial charge in [0.2, 0.25) is 0 Å². The quantitative estimate of drug-likeness (QED) is 0.715. The van der Waals surface area contributed by atoms with Crippen molar-refractivity contribution in [2.24, 2.45) is 5.92 Å². The van der Waals surface area contributed by atoms with Crippen LogP contribution in [0.4, 0.5) is 10.5 Å². The van der Waals surface area contributed by atoms with E-state index in [9.17, 15) is 14.4 Å². The molecule has 1 atom stereocenters. The molecule has 0 bridgehead atoms. The molecule has 23 heavy (non-hydrogen) atoms. The topological polar surface area (TPSA) is 98.7 Å². The number of nitrogens with one attached hydrogen (secondary N) is 2. The van der Waals surface area contributed by atoms with Gasteiger partial charge in [-0.1, -0.05) is 13.8 Å². The van der Waals surface area contributed by atoms with Crippen LogP contribution in [0.1, 0.15) is 30.6 Å². The fourth-order valence-electron chi connectivity index (χ4n) is 1.84. The summed E-state index contributed by atoms with van der Waals surface area (Å²) in [6, 6.07) is 6.11. The van der Waals surface area contributed by atoms with Crippen molar-refractivity contribution in [3.05, 3.63) is 29.8 Å². The maximum atomic E-state index is 12.0. The number of aliphatic carboxylic acids is 1. The minimum absolute atomic E-state index is 0.110. The van der Waals surface area contributed by atoms with Crippen LogP contribution >= 0.6 is 0 Å². The van der Waals surface area contributed by atoms with E-state index < -0.39 is 17.9 Å². The second kappa shape index (κ2) is 8.77. The molecule has 0 saturated carbocycles. The number of carbonyl (C=O) groups excluding carboxylic acids is 2. The van der Waals surface area contributed by atoms with Crippen molar-refractivity contribution in [3.63, 3.8) is 0 Å². The Morgan fingerprint density at radius 2 is 1.83 bits per heavy atom. The highest BCUT2D eigenvalue weighted by Gasteiger charge is 2.17. The first-order valence-corrected chi connectivity index (χ1v) is 7.48. The lowest BCUT2D eigenvalue weighted by Gasteiger charge is -2.20. The molecule has 0 heterocycles. The van der Waals surface area contributed by atoms with E-state index >= 15 is 0 Å². The van der Waals surface area contributed by atoms with Crippen LogP contribution in [-0.2, 0) is 4.79 Å². The second-order valence-electron chi connectivity index (χ2n) is 5.38. The highest BCUT2D eigenvalue weighted by atomic mass is 16.4. The summed E-state index contributed by atoms with van der Waals surface area (Å²) >= 11 is 0. The zero-order valence-corrected chi connectivity index (χ0v) is 13.6. The first-order chi connectivity index (χ1) is 10.8. The number of benzene rings is 1. The van der Waals surface area contributed by atoms with Crippen LogP contribution < -0.4 is 10.6 Å². The minimum Gasteiger partial charge on any atom is -0.481 e. The lowest BCUT2D eigenvalue weighted by Crippen LogP contribution is -2.36. The number of nitrogens with zero attached hydrogens (tertiary/aromatic N) is 1. The van der Waals surface area contributed by atoms with E-state index in [0.717, 1.165) is 6.42 Å². The molecule has 7 nitrogen and oxygen atoms in total. The average molecular weight is 321 g/mol. The number of anilines is 1. The summed E-state index contributed by atoms with van der Waals surface area (Å²) in [7, 11) is 1.53. The van der Waals surface area contributed by atoms with Gasteiger partial charge in [-0.05, 0) is 30.7 Å². The van der Waals surface area contributed by atoms with Crippen LogP contribution in [-0.4, -0.2) is 48.1 Å². The molecule has 0 aromatic heterocycles. The van der Waals surface area contributed by atoms with Crippen LogP contribution in [0.2, 0.25) is 0 Å². The zero-order chi connectivity index (χ0) is 17.4. The van der Waals surface area contributed by atoms with Crippen LogP contribution in [0.25, 0.3) is 0 Å². The summed E-state index contributed by atoms with van der Waals surface area (Å²) in [5.74, 6) is -1.75. The average Bonchev–Trinajstić information content (AvgIpc) is 2.52. The van der Waals surface area contributed by atoms with Crippen LogP contribution in [0.3, 0.4) is 0 Å². The molecule has 0 saturated heterocycles. The Hall–Kier alpha value is -2.57. The predicted octanol–water partition coefficient (Wildman–Crippen LogP) is 2.01. The second-order valence-corrected chi connectivity index (χ2v) is 5.38. The van der Waals surface area contributed by atoms with Crippen molar-refractivity contribution in [2.45, 2.75) is 20.3 Å². The smallest absolute Gasteiger partial charge is 0.321 e. The number of carbonyl (C=O) groups is 3. The van der Waals surface area contributed by atoms with Gasteiger partial charge in [0.25, 0.3) is 5.91 Å². The van der Waals surface area contributed by atoms with E-state index in [1.165, 1.54) is 18.9 Å². The largest absolute Gasteiger partial charge is 0.481 e. The van der Waals surface area contributed by atoms with Crippen molar-refractivity contribution in [3.8, 4) is 0 Å². The molecule has 0 aliphatic carbocycles. The maximum Gasteiger partial charge on any atom is 0.321 e. The van der Waals surface area contributed by atoms with Crippen molar-refractivity contribution >= 4 is 23.6 Å². The summed E-state index contributed by atoms with van der Waals surface area (Å²) in [6.07, 6.45) is 0.862. The lowest BCUT2D eigenvalue weighted by atomic mass is 10.2. The Bertz CT molecular complexity index is 557. The van der Waals surface area contributed by atoms with Gasteiger partial charge in [0, 0.05) is 31.4 Å². The van der Waals surface area contributed by atoms with E-state index in [-0.39, 0.29) is 12.5 Å². The maximum absolute atomic E-state index is 12.0. The molecule has 3 amide bonds. The number of carboxylic acids is 1. The third-order valence-electron chi connectivity index (χ3n) is 3.25. The van der Waals surface area contributed by atoms with Crippen molar-refractivity contribution in [1.29, 1.82) is 0 Å².